The zero-order chi connectivity index (χ0) is 16.4. The van der Waals surface area contributed by atoms with Crippen LogP contribution in [0.1, 0.15) is 45.9 Å². The Morgan fingerprint density at radius 2 is 2.26 bits per heavy atom. The number of aromatic amines is 1. The molecule has 3 rings (SSSR count). The summed E-state index contributed by atoms with van der Waals surface area (Å²) in [6, 6.07) is 3.77. The number of thiophene rings is 1. The highest BCUT2D eigenvalue weighted by atomic mass is 32.1. The lowest BCUT2D eigenvalue weighted by molar-refractivity contribution is -0.131. The van der Waals surface area contributed by atoms with Gasteiger partial charge in [0.1, 0.15) is 0 Å². The van der Waals surface area contributed by atoms with Crippen LogP contribution >= 0.6 is 11.3 Å². The molecule has 0 bridgehead atoms. The molecule has 3 heterocycles. The zero-order valence-electron chi connectivity index (χ0n) is 13.5. The summed E-state index contributed by atoms with van der Waals surface area (Å²) >= 11 is 1.47. The van der Waals surface area contributed by atoms with Crippen LogP contribution in [0, 0.1) is 13.8 Å². The maximum absolute atomic E-state index is 12.7. The van der Waals surface area contributed by atoms with Gasteiger partial charge in [0.05, 0.1) is 17.0 Å². The van der Waals surface area contributed by atoms with Crippen LogP contribution in [-0.4, -0.2) is 39.4 Å². The molecule has 0 unspecified atom stereocenters. The second-order valence-electron chi connectivity index (χ2n) is 6.08. The molecule has 2 aromatic heterocycles. The minimum atomic E-state index is 0.0320. The molecule has 1 atom stereocenters. The Hall–Kier alpha value is -1.95. The summed E-state index contributed by atoms with van der Waals surface area (Å²) in [6.45, 7) is 4.59. The van der Waals surface area contributed by atoms with E-state index in [0.717, 1.165) is 41.2 Å². The first kappa shape index (κ1) is 15.9. The van der Waals surface area contributed by atoms with E-state index in [9.17, 15) is 9.59 Å². The van der Waals surface area contributed by atoms with Crippen LogP contribution in [0.15, 0.2) is 17.5 Å². The average molecular weight is 331 g/mol. The van der Waals surface area contributed by atoms with Crippen molar-refractivity contribution in [2.75, 3.05) is 6.54 Å². The van der Waals surface area contributed by atoms with Gasteiger partial charge in [-0.05, 0) is 38.1 Å². The average Bonchev–Trinajstić information content (AvgIpc) is 3.25. The van der Waals surface area contributed by atoms with E-state index in [1.165, 1.54) is 11.3 Å². The summed E-state index contributed by atoms with van der Waals surface area (Å²) < 4.78 is 0. The number of aryl methyl sites for hydroxylation is 2. The molecule has 1 N–H and O–H groups in total. The van der Waals surface area contributed by atoms with E-state index in [-0.39, 0.29) is 17.7 Å². The maximum Gasteiger partial charge on any atom is 0.227 e. The number of aromatic nitrogens is 2. The third kappa shape index (κ3) is 3.37. The smallest absolute Gasteiger partial charge is 0.227 e. The van der Waals surface area contributed by atoms with Crippen LogP contribution in [0.4, 0.5) is 0 Å². The van der Waals surface area contributed by atoms with Crippen molar-refractivity contribution in [3.05, 3.63) is 39.3 Å². The second kappa shape index (κ2) is 6.66. The van der Waals surface area contributed by atoms with Crippen molar-refractivity contribution in [3.63, 3.8) is 0 Å². The van der Waals surface area contributed by atoms with Crippen molar-refractivity contribution in [2.24, 2.45) is 0 Å². The van der Waals surface area contributed by atoms with Crippen LogP contribution in [0.2, 0.25) is 0 Å². The van der Waals surface area contributed by atoms with E-state index in [2.05, 4.69) is 10.2 Å². The number of Topliss-reactive ketones (excluding diaryl/α,β-unsaturated/α-hetero) is 1. The van der Waals surface area contributed by atoms with Gasteiger partial charge in [-0.15, -0.1) is 11.3 Å². The quantitative estimate of drug-likeness (QED) is 0.857. The molecule has 1 aliphatic heterocycles. The predicted molar refractivity (Wildman–Crippen MR) is 89.8 cm³/mol. The van der Waals surface area contributed by atoms with E-state index in [4.69, 9.17) is 0 Å². The van der Waals surface area contributed by atoms with E-state index >= 15 is 0 Å². The molecule has 0 aliphatic carbocycles. The third-order valence-corrected chi connectivity index (χ3v) is 5.43. The number of amides is 1. The number of ketones is 1. The van der Waals surface area contributed by atoms with Gasteiger partial charge in [0.15, 0.2) is 5.78 Å². The van der Waals surface area contributed by atoms with Gasteiger partial charge in [0.2, 0.25) is 5.91 Å². The van der Waals surface area contributed by atoms with Gasteiger partial charge in [-0.1, -0.05) is 6.07 Å². The van der Waals surface area contributed by atoms with Gasteiger partial charge in [-0.2, -0.15) is 5.10 Å². The number of carbonyl (C=O) groups excluding carboxylic acids is 2. The molecule has 1 amide bonds. The highest BCUT2D eigenvalue weighted by Gasteiger charge is 2.31. The number of nitrogens with one attached hydrogen (secondary N) is 1. The number of hydrogen-bond acceptors (Lipinski definition) is 4. The zero-order valence-corrected chi connectivity index (χ0v) is 14.3. The molecule has 1 saturated heterocycles. The third-order valence-electron chi connectivity index (χ3n) is 4.52. The summed E-state index contributed by atoms with van der Waals surface area (Å²) in [6.07, 6.45) is 2.66. The van der Waals surface area contributed by atoms with Crippen LogP contribution < -0.4 is 0 Å². The van der Waals surface area contributed by atoms with Crippen molar-refractivity contribution in [3.8, 4) is 0 Å². The number of nitrogens with zero attached hydrogens (tertiary/aromatic N) is 2. The summed E-state index contributed by atoms with van der Waals surface area (Å²) in [7, 11) is 0. The Morgan fingerprint density at radius 1 is 1.43 bits per heavy atom. The molecule has 23 heavy (non-hydrogen) atoms. The highest BCUT2D eigenvalue weighted by molar-refractivity contribution is 7.12. The van der Waals surface area contributed by atoms with Gasteiger partial charge >= 0.3 is 0 Å². The second-order valence-corrected chi connectivity index (χ2v) is 7.02. The SMILES string of the molecule is Cc1n[nH]c(C)c1CC(=O)N1CCC[C@@H]1CC(=O)c1cccs1. The van der Waals surface area contributed by atoms with E-state index < -0.39 is 0 Å². The summed E-state index contributed by atoms with van der Waals surface area (Å²) in [5, 5.41) is 8.98. The molecule has 122 valence electrons. The summed E-state index contributed by atoms with van der Waals surface area (Å²) in [5.41, 5.74) is 2.80. The predicted octanol–water partition coefficient (Wildman–Crippen LogP) is 2.89. The van der Waals surface area contributed by atoms with Crippen LogP contribution in [0.3, 0.4) is 0 Å². The Bertz CT molecular complexity index is 686. The van der Waals surface area contributed by atoms with Crippen molar-refractivity contribution >= 4 is 23.0 Å². The Labute approximate surface area is 139 Å². The monoisotopic (exact) mass is 331 g/mol. The molecule has 1 aliphatic rings. The number of hydrogen-bond donors (Lipinski definition) is 1. The van der Waals surface area contributed by atoms with E-state index in [0.29, 0.717) is 12.8 Å². The van der Waals surface area contributed by atoms with Gasteiger partial charge in [0, 0.05) is 30.3 Å². The number of carbonyl (C=O) groups is 2. The van der Waals surface area contributed by atoms with E-state index in [1.807, 2.05) is 36.3 Å². The van der Waals surface area contributed by atoms with Crippen molar-refractivity contribution < 1.29 is 9.59 Å². The van der Waals surface area contributed by atoms with Gasteiger partial charge < -0.3 is 4.90 Å². The van der Waals surface area contributed by atoms with Gasteiger partial charge in [-0.25, -0.2) is 0 Å². The van der Waals surface area contributed by atoms with Gasteiger partial charge in [-0.3, -0.25) is 14.7 Å². The maximum atomic E-state index is 12.7. The van der Waals surface area contributed by atoms with Crippen LogP contribution in [0.5, 0.6) is 0 Å². The molecule has 0 aromatic carbocycles. The fourth-order valence-corrected chi connectivity index (χ4v) is 3.89. The fourth-order valence-electron chi connectivity index (χ4n) is 3.22. The highest BCUT2D eigenvalue weighted by Crippen LogP contribution is 2.24. The largest absolute Gasteiger partial charge is 0.339 e. The minimum Gasteiger partial charge on any atom is -0.339 e. The van der Waals surface area contributed by atoms with Crippen molar-refractivity contribution in [1.82, 2.24) is 15.1 Å². The fraction of sp³-hybridized carbons (Fsp3) is 0.471. The lowest BCUT2D eigenvalue weighted by atomic mass is 10.1. The molecule has 2 aromatic rings. The first-order chi connectivity index (χ1) is 11.1. The minimum absolute atomic E-state index is 0.0320. The molecular formula is C17H21N3O2S. The number of rotatable bonds is 5. The Morgan fingerprint density at radius 3 is 2.91 bits per heavy atom. The van der Waals surface area contributed by atoms with Gasteiger partial charge in [0.25, 0.3) is 0 Å². The molecule has 0 spiro atoms. The van der Waals surface area contributed by atoms with Crippen molar-refractivity contribution in [2.45, 2.75) is 45.6 Å². The normalized spacial score (nSPS) is 17.7. The Kier molecular flexibility index (Phi) is 4.61. The molecule has 0 radical (unpaired) electrons. The Balaban J connectivity index is 1.66. The first-order valence-electron chi connectivity index (χ1n) is 7.93. The summed E-state index contributed by atoms with van der Waals surface area (Å²) in [4.78, 5) is 27.7. The number of likely N-dealkylation sites (tertiary alicyclic amines) is 1. The van der Waals surface area contributed by atoms with Crippen LogP contribution in [0.25, 0.3) is 0 Å². The lowest BCUT2D eigenvalue weighted by Gasteiger charge is -2.24. The van der Waals surface area contributed by atoms with Crippen molar-refractivity contribution in [1.29, 1.82) is 0 Å². The van der Waals surface area contributed by atoms with E-state index in [1.54, 1.807) is 0 Å². The number of H-pyrrole nitrogens is 1. The standard InChI is InChI=1S/C17H21N3O2S/c1-11-14(12(2)19-18-11)10-17(22)20-7-3-5-13(20)9-15(21)16-6-4-8-23-16/h4,6,8,13H,3,5,7,9-10H2,1-2H3,(H,18,19)/t13-/m1/s1. The van der Waals surface area contributed by atoms with Crippen LogP contribution in [-0.2, 0) is 11.2 Å². The lowest BCUT2D eigenvalue weighted by Crippen LogP contribution is -2.37. The molecule has 6 heteroatoms. The summed E-state index contributed by atoms with van der Waals surface area (Å²) in [5.74, 6) is 0.236. The molecule has 5 nitrogen and oxygen atoms in total. The molecule has 0 saturated carbocycles. The first-order valence-corrected chi connectivity index (χ1v) is 8.81. The molecular weight excluding hydrogens is 310 g/mol. The molecule has 1 fully saturated rings. The topological polar surface area (TPSA) is 66.1 Å².